The van der Waals surface area contributed by atoms with Gasteiger partial charge in [0.2, 0.25) is 0 Å². The van der Waals surface area contributed by atoms with Gasteiger partial charge in [0.25, 0.3) is 0 Å². The lowest BCUT2D eigenvalue weighted by Crippen LogP contribution is -2.26. The average molecular weight is 558 g/mol. The lowest BCUT2D eigenvalue weighted by Gasteiger charge is -2.23. The van der Waals surface area contributed by atoms with Crippen molar-refractivity contribution in [3.8, 4) is 22.6 Å². The monoisotopic (exact) mass is 557 g/mol. The van der Waals surface area contributed by atoms with E-state index in [9.17, 15) is 13.2 Å². The second kappa shape index (κ2) is 10.4. The van der Waals surface area contributed by atoms with Crippen LogP contribution in [0.2, 0.25) is 0 Å². The number of tetrazole rings is 1. The van der Waals surface area contributed by atoms with Crippen LogP contribution >= 0.6 is 11.3 Å². The molecule has 1 atom stereocenters. The third-order valence-electron chi connectivity index (χ3n) is 6.76. The number of aromatic amines is 1. The Morgan fingerprint density at radius 2 is 2.00 bits per heavy atom. The summed E-state index contributed by atoms with van der Waals surface area (Å²) in [6.07, 6.45) is -1.78. The maximum Gasteiger partial charge on any atom is 0.426 e. The van der Waals surface area contributed by atoms with E-state index in [1.807, 2.05) is 0 Å². The summed E-state index contributed by atoms with van der Waals surface area (Å²) in [6, 6.07) is 12.7. The Bertz CT molecular complexity index is 1490. The number of hydrogen-bond donors (Lipinski definition) is 1. The quantitative estimate of drug-likeness (QED) is 0.284. The van der Waals surface area contributed by atoms with E-state index in [4.69, 9.17) is 9.47 Å². The normalized spacial score (nSPS) is 17.5. The van der Waals surface area contributed by atoms with Crippen LogP contribution in [0.1, 0.15) is 33.5 Å². The summed E-state index contributed by atoms with van der Waals surface area (Å²) >= 11 is 0.626. The smallest absolute Gasteiger partial charge is 0.426 e. The van der Waals surface area contributed by atoms with Crippen LogP contribution in [0.3, 0.4) is 0 Å². The van der Waals surface area contributed by atoms with E-state index in [1.165, 1.54) is 12.1 Å². The maximum atomic E-state index is 15.0. The SMILES string of the molecule is Fc1cc(OCc2cc(-c3ccccc3)c(C(F)(F)F)s2)cc2c1C=C(CN1CCC(c3nn[nH]n3)C1)CO2. The van der Waals surface area contributed by atoms with Crippen LogP contribution in [0.5, 0.6) is 11.5 Å². The molecule has 1 unspecified atom stereocenters. The standard InChI is InChI=1S/C27H23F4N5O2S/c28-23-9-19(37-15-20-11-21(17-4-2-1-3-5-17)25(39-20)27(29,30)31)10-24-22(23)8-16(14-38-24)12-36-7-6-18(13-36)26-32-34-35-33-26/h1-5,8-11,18H,6-7,12-15H2,(H,32,33,34,35). The van der Waals surface area contributed by atoms with Crippen LogP contribution in [0, 0.1) is 5.82 Å². The van der Waals surface area contributed by atoms with E-state index in [2.05, 4.69) is 25.5 Å². The summed E-state index contributed by atoms with van der Waals surface area (Å²) in [5.41, 5.74) is 1.85. The molecule has 1 N–H and O–H groups in total. The van der Waals surface area contributed by atoms with Gasteiger partial charge in [-0.15, -0.1) is 21.5 Å². The largest absolute Gasteiger partial charge is 0.488 e. The summed E-state index contributed by atoms with van der Waals surface area (Å²) in [7, 11) is 0. The third kappa shape index (κ3) is 5.52. The van der Waals surface area contributed by atoms with E-state index in [1.54, 1.807) is 42.5 Å². The number of H-pyrrole nitrogens is 1. The second-order valence-electron chi connectivity index (χ2n) is 9.51. The van der Waals surface area contributed by atoms with Gasteiger partial charge >= 0.3 is 6.18 Å². The second-order valence-corrected chi connectivity index (χ2v) is 10.6. The van der Waals surface area contributed by atoms with Gasteiger partial charge in [0.05, 0.1) is 5.56 Å². The number of nitrogens with one attached hydrogen (secondary N) is 1. The fourth-order valence-corrected chi connectivity index (χ4v) is 5.91. The molecule has 4 aromatic rings. The summed E-state index contributed by atoms with van der Waals surface area (Å²) in [6.45, 7) is 2.46. The number of ether oxygens (including phenoxy) is 2. The minimum Gasteiger partial charge on any atom is -0.488 e. The van der Waals surface area contributed by atoms with E-state index >= 15 is 4.39 Å². The minimum atomic E-state index is -4.49. The minimum absolute atomic E-state index is 0.103. The summed E-state index contributed by atoms with van der Waals surface area (Å²) in [5, 5.41) is 14.2. The number of likely N-dealkylation sites (tertiary alicyclic amines) is 1. The van der Waals surface area contributed by atoms with Crippen molar-refractivity contribution in [1.82, 2.24) is 25.5 Å². The molecule has 7 nitrogen and oxygen atoms in total. The zero-order chi connectivity index (χ0) is 27.0. The summed E-state index contributed by atoms with van der Waals surface area (Å²) < 4.78 is 67.6. The van der Waals surface area contributed by atoms with Crippen LogP contribution in [-0.4, -0.2) is 51.8 Å². The van der Waals surface area contributed by atoms with E-state index in [0.717, 1.165) is 25.1 Å². The molecule has 2 aromatic heterocycles. The first-order valence-electron chi connectivity index (χ1n) is 12.3. The van der Waals surface area contributed by atoms with Crippen LogP contribution < -0.4 is 9.47 Å². The summed E-state index contributed by atoms with van der Waals surface area (Å²) in [4.78, 5) is 1.94. The van der Waals surface area contributed by atoms with Crippen LogP contribution in [0.15, 0.2) is 54.1 Å². The van der Waals surface area contributed by atoms with Crippen molar-refractivity contribution < 1.29 is 27.0 Å². The fourth-order valence-electron chi connectivity index (χ4n) is 4.95. The van der Waals surface area contributed by atoms with E-state index in [-0.39, 0.29) is 23.8 Å². The van der Waals surface area contributed by atoms with Gasteiger partial charge in [-0.05, 0) is 36.2 Å². The Labute approximate surface area is 225 Å². The zero-order valence-electron chi connectivity index (χ0n) is 20.5. The number of nitrogens with zero attached hydrogens (tertiary/aromatic N) is 4. The van der Waals surface area contributed by atoms with Gasteiger partial charge in [0, 0.05) is 41.6 Å². The number of hydrogen-bond acceptors (Lipinski definition) is 7. The first kappa shape index (κ1) is 25.5. The molecule has 2 aliphatic heterocycles. The number of alkyl halides is 3. The van der Waals surface area contributed by atoms with Gasteiger partial charge in [0.1, 0.15) is 35.4 Å². The molecule has 0 spiro atoms. The number of thiophene rings is 1. The van der Waals surface area contributed by atoms with Gasteiger partial charge in [-0.3, -0.25) is 4.90 Å². The molecule has 1 fully saturated rings. The average Bonchev–Trinajstić information content (AvgIpc) is 3.69. The molecule has 2 aliphatic rings. The highest BCUT2D eigenvalue weighted by Crippen LogP contribution is 2.43. The van der Waals surface area contributed by atoms with Crippen molar-refractivity contribution >= 4 is 17.4 Å². The molecule has 0 amide bonds. The lowest BCUT2D eigenvalue weighted by atomic mass is 10.1. The topological polar surface area (TPSA) is 76.2 Å². The van der Waals surface area contributed by atoms with Crippen molar-refractivity contribution in [2.45, 2.75) is 25.1 Å². The predicted molar refractivity (Wildman–Crippen MR) is 137 cm³/mol. The van der Waals surface area contributed by atoms with Crippen molar-refractivity contribution in [2.24, 2.45) is 0 Å². The van der Waals surface area contributed by atoms with Crippen molar-refractivity contribution in [3.63, 3.8) is 0 Å². The van der Waals surface area contributed by atoms with E-state index in [0.29, 0.717) is 52.1 Å². The Balaban J connectivity index is 1.14. The van der Waals surface area contributed by atoms with Gasteiger partial charge in [-0.2, -0.15) is 18.4 Å². The predicted octanol–water partition coefficient (Wildman–Crippen LogP) is 5.93. The van der Waals surface area contributed by atoms with Gasteiger partial charge < -0.3 is 9.47 Å². The van der Waals surface area contributed by atoms with Crippen molar-refractivity contribution in [2.75, 3.05) is 26.2 Å². The van der Waals surface area contributed by atoms with E-state index < -0.39 is 16.9 Å². The molecular formula is C27H23F4N5O2S. The van der Waals surface area contributed by atoms with Crippen molar-refractivity contribution in [1.29, 1.82) is 0 Å². The van der Waals surface area contributed by atoms with Crippen molar-refractivity contribution in [3.05, 3.63) is 81.1 Å². The highest BCUT2D eigenvalue weighted by Gasteiger charge is 2.36. The molecule has 202 valence electrons. The molecule has 0 radical (unpaired) electrons. The molecule has 0 saturated carbocycles. The first-order chi connectivity index (χ1) is 18.8. The highest BCUT2D eigenvalue weighted by molar-refractivity contribution is 7.12. The molecule has 4 heterocycles. The van der Waals surface area contributed by atoms with Crippen LogP contribution in [-0.2, 0) is 12.8 Å². The molecule has 12 heteroatoms. The molecular weight excluding hydrogens is 534 g/mol. The fraction of sp³-hybridized carbons (Fsp3) is 0.296. The number of halogens is 4. The van der Waals surface area contributed by atoms with Gasteiger partial charge in [0.15, 0.2) is 5.82 Å². The van der Waals surface area contributed by atoms with Gasteiger partial charge in [-0.25, -0.2) is 4.39 Å². The Morgan fingerprint density at radius 3 is 2.77 bits per heavy atom. The lowest BCUT2D eigenvalue weighted by molar-refractivity contribution is -0.133. The molecule has 0 bridgehead atoms. The third-order valence-corrected chi connectivity index (χ3v) is 7.91. The van der Waals surface area contributed by atoms with Crippen LogP contribution in [0.25, 0.3) is 17.2 Å². The number of fused-ring (bicyclic) bond motifs is 1. The Kier molecular flexibility index (Phi) is 6.81. The molecule has 0 aliphatic carbocycles. The molecule has 2 aromatic carbocycles. The number of rotatable bonds is 7. The maximum absolute atomic E-state index is 15.0. The molecule has 6 rings (SSSR count). The zero-order valence-corrected chi connectivity index (χ0v) is 21.4. The first-order valence-corrected chi connectivity index (χ1v) is 13.1. The Morgan fingerprint density at radius 1 is 1.15 bits per heavy atom. The number of aromatic nitrogens is 4. The summed E-state index contributed by atoms with van der Waals surface area (Å²) in [5.74, 6) is 0.916. The molecule has 1 saturated heterocycles. The van der Waals surface area contributed by atoms with Gasteiger partial charge in [-0.1, -0.05) is 35.5 Å². The highest BCUT2D eigenvalue weighted by atomic mass is 32.1. The Hall–Kier alpha value is -3.77. The number of benzene rings is 2. The molecule has 39 heavy (non-hydrogen) atoms. The van der Waals surface area contributed by atoms with Crippen LogP contribution in [0.4, 0.5) is 17.6 Å².